The highest BCUT2D eigenvalue weighted by atomic mass is 16.3. The lowest BCUT2D eigenvalue weighted by Gasteiger charge is -1.76. The molecule has 0 aromatic heterocycles. The molecule has 0 heterocycles. The SMILES string of the molecule is O[CH][CH][CH]O. The van der Waals surface area contributed by atoms with Crippen molar-refractivity contribution in [2.24, 2.45) is 0 Å². The van der Waals surface area contributed by atoms with Gasteiger partial charge in [0.15, 0.2) is 0 Å². The summed E-state index contributed by atoms with van der Waals surface area (Å²) in [5.74, 6) is 0. The predicted molar refractivity (Wildman–Crippen MR) is 16.8 cm³/mol. The van der Waals surface area contributed by atoms with E-state index in [0.717, 1.165) is 19.6 Å². The Bertz CT molecular complexity index is 12.4. The summed E-state index contributed by atoms with van der Waals surface area (Å²) in [5.41, 5.74) is 0. The summed E-state index contributed by atoms with van der Waals surface area (Å²) in [6, 6.07) is 0. The molecule has 0 aliphatic heterocycles. The van der Waals surface area contributed by atoms with Gasteiger partial charge in [0, 0.05) is 6.42 Å². The molecule has 0 aromatic rings. The number of hydrogen-bond donors (Lipinski definition) is 2. The molecule has 0 atom stereocenters. The first kappa shape index (κ1) is 4.92. The molecule has 0 rings (SSSR count). The topological polar surface area (TPSA) is 40.5 Å². The van der Waals surface area contributed by atoms with E-state index in [2.05, 4.69) is 0 Å². The third-order valence-electron chi connectivity index (χ3n) is 0.172. The lowest BCUT2D eigenvalue weighted by atomic mass is 10.5. The fourth-order valence-electron chi connectivity index (χ4n) is 0.0385. The molecule has 2 heteroatoms. The summed E-state index contributed by atoms with van der Waals surface area (Å²) in [4.78, 5) is 0. The minimum absolute atomic E-state index is 0.750. The molecular weight excluding hydrogens is 68.0 g/mol. The Kier molecular flexibility index (Phi) is 3.86. The predicted octanol–water partition coefficient (Wildman–Crippen LogP) is 0.259. The van der Waals surface area contributed by atoms with Gasteiger partial charge in [0.25, 0.3) is 0 Å². The Morgan fingerprint density at radius 1 is 1.00 bits per heavy atom. The quantitative estimate of drug-likeness (QED) is 0.492. The third-order valence-corrected chi connectivity index (χ3v) is 0.172. The maximum Gasteiger partial charge on any atom is 0.0861 e. The van der Waals surface area contributed by atoms with Crippen molar-refractivity contribution in [3.8, 4) is 0 Å². The second-order valence-corrected chi connectivity index (χ2v) is 0.491. The zero-order chi connectivity index (χ0) is 4.12. The Hall–Kier alpha value is -0.0800. The molecule has 0 bridgehead atoms. The normalized spacial score (nSPS) is 8.40. The van der Waals surface area contributed by atoms with Crippen LogP contribution in [0.1, 0.15) is 0 Å². The zero-order valence-electron chi connectivity index (χ0n) is 2.63. The zero-order valence-corrected chi connectivity index (χ0v) is 2.63. The molecule has 5 heavy (non-hydrogen) atoms. The van der Waals surface area contributed by atoms with Crippen molar-refractivity contribution in [2.75, 3.05) is 0 Å². The second kappa shape index (κ2) is 3.92. The van der Waals surface area contributed by atoms with Crippen LogP contribution >= 0.6 is 0 Å². The maximum absolute atomic E-state index is 7.69. The van der Waals surface area contributed by atoms with Crippen LogP contribution in [0.15, 0.2) is 0 Å². The molecule has 0 aliphatic rings. The van der Waals surface area contributed by atoms with Crippen LogP contribution in [-0.4, -0.2) is 10.2 Å². The lowest BCUT2D eigenvalue weighted by molar-refractivity contribution is 0.366. The van der Waals surface area contributed by atoms with E-state index < -0.39 is 0 Å². The van der Waals surface area contributed by atoms with Gasteiger partial charge in [-0.1, -0.05) is 0 Å². The molecular formula is C3H5O2. The number of aliphatic hydroxyl groups is 2. The molecule has 3 radical (unpaired) electrons. The standard InChI is InChI=1S/C3H5O2/c4-2-1-3-5/h1-5H. The highest BCUT2D eigenvalue weighted by Gasteiger charge is 1.73. The highest BCUT2D eigenvalue weighted by Crippen LogP contribution is 1.76. The van der Waals surface area contributed by atoms with Crippen molar-refractivity contribution in [1.82, 2.24) is 0 Å². The molecule has 0 saturated heterocycles. The molecule has 29 valence electrons. The van der Waals surface area contributed by atoms with Crippen molar-refractivity contribution in [2.45, 2.75) is 0 Å². The van der Waals surface area contributed by atoms with E-state index >= 15 is 0 Å². The largest absolute Gasteiger partial charge is 0.390 e. The fraction of sp³-hybridized carbons (Fsp3) is 0. The van der Waals surface area contributed by atoms with E-state index in [9.17, 15) is 0 Å². The van der Waals surface area contributed by atoms with Gasteiger partial charge >= 0.3 is 0 Å². The van der Waals surface area contributed by atoms with Gasteiger partial charge in [0.1, 0.15) is 0 Å². The molecule has 0 saturated carbocycles. The van der Waals surface area contributed by atoms with E-state index in [-0.39, 0.29) is 0 Å². The van der Waals surface area contributed by atoms with Crippen molar-refractivity contribution in [3.63, 3.8) is 0 Å². The van der Waals surface area contributed by atoms with E-state index in [1.807, 2.05) is 0 Å². The van der Waals surface area contributed by atoms with Gasteiger partial charge in [-0.25, -0.2) is 0 Å². The third kappa shape index (κ3) is 3.92. The summed E-state index contributed by atoms with van der Waals surface area (Å²) in [7, 11) is 0. The first-order chi connectivity index (χ1) is 2.41. The molecule has 2 nitrogen and oxygen atoms in total. The molecule has 0 aliphatic carbocycles. The van der Waals surface area contributed by atoms with E-state index in [4.69, 9.17) is 10.2 Å². The Morgan fingerprint density at radius 2 is 1.40 bits per heavy atom. The van der Waals surface area contributed by atoms with Crippen molar-refractivity contribution >= 4 is 0 Å². The van der Waals surface area contributed by atoms with Crippen LogP contribution in [0.2, 0.25) is 0 Å². The smallest absolute Gasteiger partial charge is 0.0861 e. The second-order valence-electron chi connectivity index (χ2n) is 0.491. The molecule has 0 amide bonds. The molecule has 0 aromatic carbocycles. The molecule has 0 unspecified atom stereocenters. The van der Waals surface area contributed by atoms with Crippen molar-refractivity contribution in [1.29, 1.82) is 0 Å². The summed E-state index contributed by atoms with van der Waals surface area (Å²) in [6.45, 7) is 1.50. The van der Waals surface area contributed by atoms with E-state index in [1.165, 1.54) is 0 Å². The van der Waals surface area contributed by atoms with Crippen LogP contribution in [0.4, 0.5) is 0 Å². The van der Waals surface area contributed by atoms with E-state index in [0.29, 0.717) is 0 Å². The Balaban J connectivity index is 2.19. The van der Waals surface area contributed by atoms with Crippen LogP contribution in [0.3, 0.4) is 0 Å². The number of hydrogen-bond acceptors (Lipinski definition) is 2. The number of aliphatic hydroxyl groups excluding tert-OH is 2. The Labute approximate surface area is 31.1 Å². The average Bonchev–Trinajstić information content (AvgIpc) is 1.41. The van der Waals surface area contributed by atoms with Gasteiger partial charge in [-0.3, -0.25) is 0 Å². The molecule has 2 N–H and O–H groups in total. The minimum Gasteiger partial charge on any atom is -0.390 e. The lowest BCUT2D eigenvalue weighted by Crippen LogP contribution is -1.72. The minimum atomic E-state index is 0.750. The van der Waals surface area contributed by atoms with Crippen LogP contribution in [-0.2, 0) is 0 Å². The summed E-state index contributed by atoms with van der Waals surface area (Å²) >= 11 is 0. The summed E-state index contributed by atoms with van der Waals surface area (Å²) in [5, 5.41) is 15.4. The van der Waals surface area contributed by atoms with Crippen LogP contribution in [0.25, 0.3) is 0 Å². The van der Waals surface area contributed by atoms with Gasteiger partial charge in [0.2, 0.25) is 0 Å². The van der Waals surface area contributed by atoms with Gasteiger partial charge < -0.3 is 10.2 Å². The van der Waals surface area contributed by atoms with Crippen LogP contribution < -0.4 is 0 Å². The maximum atomic E-state index is 7.69. The average molecular weight is 73.1 g/mol. The van der Waals surface area contributed by atoms with Crippen LogP contribution in [0.5, 0.6) is 0 Å². The first-order valence-electron chi connectivity index (χ1n) is 1.18. The first-order valence-corrected chi connectivity index (χ1v) is 1.18. The summed E-state index contributed by atoms with van der Waals surface area (Å²) in [6.07, 6.45) is 1.11. The van der Waals surface area contributed by atoms with Crippen molar-refractivity contribution in [3.05, 3.63) is 19.6 Å². The fourth-order valence-corrected chi connectivity index (χ4v) is 0.0385. The van der Waals surface area contributed by atoms with Gasteiger partial charge in [-0.05, 0) is 0 Å². The Morgan fingerprint density at radius 3 is 1.40 bits per heavy atom. The van der Waals surface area contributed by atoms with Gasteiger partial charge in [-0.2, -0.15) is 0 Å². The van der Waals surface area contributed by atoms with Gasteiger partial charge in [0.05, 0.1) is 13.2 Å². The highest BCUT2D eigenvalue weighted by molar-refractivity contribution is 4.79. The molecule has 0 fully saturated rings. The van der Waals surface area contributed by atoms with Gasteiger partial charge in [-0.15, -0.1) is 0 Å². The van der Waals surface area contributed by atoms with Crippen LogP contribution in [0, 0.1) is 19.6 Å². The number of rotatable bonds is 2. The van der Waals surface area contributed by atoms with Crippen molar-refractivity contribution < 1.29 is 10.2 Å². The molecule has 0 spiro atoms. The van der Waals surface area contributed by atoms with E-state index in [1.54, 1.807) is 0 Å². The monoisotopic (exact) mass is 73.0 g/mol. The summed E-state index contributed by atoms with van der Waals surface area (Å²) < 4.78 is 0.